The summed E-state index contributed by atoms with van der Waals surface area (Å²) in [7, 11) is 0. The minimum atomic E-state index is -1.54. The van der Waals surface area contributed by atoms with Crippen LogP contribution in [-0.4, -0.2) is 63.1 Å². The second-order valence-corrected chi connectivity index (χ2v) is 12.7. The average molecular weight is 547 g/mol. The summed E-state index contributed by atoms with van der Waals surface area (Å²) in [4.78, 5) is 51.9. The number of hydrogen-bond donors (Lipinski definition) is 4. The highest BCUT2D eigenvalue weighted by Gasteiger charge is 2.54. The van der Waals surface area contributed by atoms with Gasteiger partial charge in [0.25, 0.3) is 0 Å². The lowest BCUT2D eigenvalue weighted by atomic mass is 9.69. The van der Waals surface area contributed by atoms with Crippen molar-refractivity contribution in [3.63, 3.8) is 0 Å². The first kappa shape index (κ1) is 32.0. The summed E-state index contributed by atoms with van der Waals surface area (Å²) in [5.74, 6) is -1.55. The number of piperidine rings is 1. The number of hydroxylamine groups is 2. The number of carbonyl (C=O) groups is 4. The van der Waals surface area contributed by atoms with Crippen LogP contribution in [-0.2, 0) is 25.7 Å². The molecule has 0 unspecified atom stereocenters. The molecule has 1 heterocycles. The molecule has 218 valence electrons. The fourth-order valence-corrected chi connectivity index (χ4v) is 5.04. The summed E-state index contributed by atoms with van der Waals surface area (Å²) >= 11 is 0. The van der Waals surface area contributed by atoms with Crippen molar-refractivity contribution in [1.82, 2.24) is 26.3 Å². The Hall–Kier alpha value is -3.18. The third-order valence-corrected chi connectivity index (χ3v) is 6.55. The predicted molar refractivity (Wildman–Crippen MR) is 148 cm³/mol. The van der Waals surface area contributed by atoms with Crippen LogP contribution in [0.4, 0.5) is 4.79 Å². The molecule has 1 saturated heterocycles. The zero-order valence-electron chi connectivity index (χ0n) is 24.6. The highest BCUT2D eigenvalue weighted by molar-refractivity contribution is 5.95. The van der Waals surface area contributed by atoms with Crippen molar-refractivity contribution in [2.75, 3.05) is 0 Å². The van der Waals surface area contributed by atoms with E-state index in [1.807, 2.05) is 39.0 Å². The largest absolute Gasteiger partial charge is 0.784 e. The number of amides is 4. The van der Waals surface area contributed by atoms with Crippen molar-refractivity contribution in [3.8, 4) is 0 Å². The van der Waals surface area contributed by atoms with Gasteiger partial charge in [-0.05, 0) is 80.7 Å². The van der Waals surface area contributed by atoms with Crippen LogP contribution in [0.3, 0.4) is 0 Å². The number of benzene rings is 1. The van der Waals surface area contributed by atoms with Crippen LogP contribution in [0.15, 0.2) is 30.3 Å². The predicted octanol–water partition coefficient (Wildman–Crippen LogP) is 2.73. The van der Waals surface area contributed by atoms with Crippen molar-refractivity contribution < 1.29 is 23.9 Å². The summed E-state index contributed by atoms with van der Waals surface area (Å²) in [6.07, 6.45) is -0.847. The molecule has 1 aliphatic heterocycles. The van der Waals surface area contributed by atoms with E-state index in [-0.39, 0.29) is 25.4 Å². The van der Waals surface area contributed by atoms with Crippen molar-refractivity contribution >= 4 is 23.8 Å². The van der Waals surface area contributed by atoms with E-state index in [0.717, 1.165) is 10.6 Å². The highest BCUT2D eigenvalue weighted by atomic mass is 16.5. The molecule has 1 fully saturated rings. The molecule has 0 bridgehead atoms. The van der Waals surface area contributed by atoms with E-state index in [9.17, 15) is 24.4 Å². The first-order valence-corrected chi connectivity index (χ1v) is 13.2. The van der Waals surface area contributed by atoms with E-state index in [4.69, 9.17) is 4.74 Å². The number of nitrogens with one attached hydrogen (secondary N) is 4. The van der Waals surface area contributed by atoms with Gasteiger partial charge in [0.15, 0.2) is 0 Å². The molecule has 0 spiro atoms. The van der Waals surface area contributed by atoms with Gasteiger partial charge in [-0.15, -0.1) is 0 Å². The third-order valence-electron chi connectivity index (χ3n) is 6.55. The van der Waals surface area contributed by atoms with Crippen LogP contribution < -0.4 is 21.3 Å². The molecule has 39 heavy (non-hydrogen) atoms. The van der Waals surface area contributed by atoms with Gasteiger partial charge in [0.1, 0.15) is 24.2 Å². The van der Waals surface area contributed by atoms with Crippen LogP contribution in [0.2, 0.25) is 0 Å². The molecule has 2 rings (SSSR count). The summed E-state index contributed by atoms with van der Waals surface area (Å²) in [5, 5.41) is 24.8. The molecule has 2 atom stereocenters. The van der Waals surface area contributed by atoms with Crippen molar-refractivity contribution in [1.29, 1.82) is 0 Å². The molecule has 1 aromatic rings. The van der Waals surface area contributed by atoms with E-state index >= 15 is 0 Å². The minimum Gasteiger partial charge on any atom is -0.784 e. The highest BCUT2D eigenvalue weighted by Crippen LogP contribution is 2.43. The van der Waals surface area contributed by atoms with E-state index < -0.39 is 52.1 Å². The Morgan fingerprint density at radius 1 is 0.923 bits per heavy atom. The quantitative estimate of drug-likeness (QED) is 0.391. The Labute approximate surface area is 231 Å². The lowest BCUT2D eigenvalue weighted by Crippen LogP contribution is -2.72. The van der Waals surface area contributed by atoms with Gasteiger partial charge in [0.05, 0.1) is 0 Å². The number of ether oxygens (including phenoxy) is 1. The van der Waals surface area contributed by atoms with E-state index in [2.05, 4.69) is 21.3 Å². The molecule has 1 aliphatic rings. The van der Waals surface area contributed by atoms with Gasteiger partial charge in [0.2, 0.25) is 17.7 Å². The molecular weight excluding hydrogens is 502 g/mol. The first-order chi connectivity index (χ1) is 17.8. The Morgan fingerprint density at radius 3 is 1.95 bits per heavy atom. The second kappa shape index (κ2) is 11.9. The summed E-state index contributed by atoms with van der Waals surface area (Å²) < 4.78 is 5.39. The van der Waals surface area contributed by atoms with Crippen LogP contribution in [0.5, 0.6) is 0 Å². The maximum atomic E-state index is 13.8. The lowest BCUT2D eigenvalue weighted by Gasteiger charge is -2.62. The summed E-state index contributed by atoms with van der Waals surface area (Å²) in [6, 6.07) is 7.23. The Bertz CT molecular complexity index is 1030. The third kappa shape index (κ3) is 8.66. The Kier molecular flexibility index (Phi) is 9.79. The smallest absolute Gasteiger partial charge is 0.408 e. The maximum Gasteiger partial charge on any atom is 0.408 e. The Balaban J connectivity index is 2.21. The van der Waals surface area contributed by atoms with Gasteiger partial charge < -0.3 is 36.3 Å². The number of carbonyl (C=O) groups excluding carboxylic acids is 4. The zero-order valence-corrected chi connectivity index (χ0v) is 24.6. The average Bonchev–Trinajstić information content (AvgIpc) is 2.80. The van der Waals surface area contributed by atoms with Gasteiger partial charge in [-0.3, -0.25) is 14.4 Å². The Morgan fingerprint density at radius 2 is 1.44 bits per heavy atom. The van der Waals surface area contributed by atoms with Crippen molar-refractivity contribution in [2.24, 2.45) is 0 Å². The molecule has 0 aromatic heterocycles. The second-order valence-electron chi connectivity index (χ2n) is 12.7. The van der Waals surface area contributed by atoms with Crippen molar-refractivity contribution in [3.05, 3.63) is 41.1 Å². The first-order valence-electron chi connectivity index (χ1n) is 13.2. The summed E-state index contributed by atoms with van der Waals surface area (Å²) in [6.45, 7) is 15.3. The van der Waals surface area contributed by atoms with Gasteiger partial charge in [-0.1, -0.05) is 30.3 Å². The van der Waals surface area contributed by atoms with Crippen LogP contribution >= 0.6 is 0 Å². The fraction of sp³-hybridized carbons (Fsp3) is 0.643. The molecule has 0 radical (unpaired) electrons. The van der Waals surface area contributed by atoms with E-state index in [1.54, 1.807) is 46.8 Å². The normalized spacial score (nSPS) is 19.6. The number of rotatable bonds is 8. The van der Waals surface area contributed by atoms with Crippen LogP contribution in [0.25, 0.3) is 0 Å². The van der Waals surface area contributed by atoms with Gasteiger partial charge in [0, 0.05) is 16.6 Å². The number of alkyl carbamates (subject to hydrolysis) is 1. The minimum absolute atomic E-state index is 0.00182. The lowest BCUT2D eigenvalue weighted by molar-refractivity contribution is -0.139. The molecule has 11 nitrogen and oxygen atoms in total. The van der Waals surface area contributed by atoms with Gasteiger partial charge in [-0.25, -0.2) is 4.79 Å². The number of hydrogen-bond acceptors (Lipinski definition) is 7. The van der Waals surface area contributed by atoms with Crippen LogP contribution in [0, 0.1) is 5.21 Å². The standard InChI is InChI=1S/C28H44N5O6/c1-18(21(34)29-19(2)22(35)31-25(3,4)5)30-23(36)28(16-26(6,7)33(38)27(8,9)17-28)32-24(37)39-15-20-13-11-10-12-14-20/h10-14,18-19H,15-17H2,1-9H3,(H,29,34)(H,30,36)(H,31,35)(H,32,37)/q-1/t18-,19-/m0/s1. The number of nitrogens with zero attached hydrogens (tertiary/aromatic N) is 1. The van der Waals surface area contributed by atoms with Crippen LogP contribution in [0.1, 0.15) is 80.7 Å². The van der Waals surface area contributed by atoms with Crippen molar-refractivity contribution in [2.45, 2.75) is 116 Å². The molecule has 0 saturated carbocycles. The fourth-order valence-electron chi connectivity index (χ4n) is 5.04. The van der Waals surface area contributed by atoms with Gasteiger partial charge in [-0.2, -0.15) is 0 Å². The molecule has 0 aliphatic carbocycles. The molecule has 11 heteroatoms. The SMILES string of the molecule is C[C@H](NC(=O)[C@H](C)NC(=O)C1(NC(=O)OCc2ccccc2)CC(C)(C)N([O-])C(C)(C)C1)C(=O)NC(C)(C)C. The summed E-state index contributed by atoms with van der Waals surface area (Å²) in [5.41, 5.74) is -3.27. The van der Waals surface area contributed by atoms with Gasteiger partial charge >= 0.3 is 6.09 Å². The van der Waals surface area contributed by atoms with E-state index in [0.29, 0.717) is 0 Å². The maximum absolute atomic E-state index is 13.8. The molecular formula is C28H44N5O6-. The van der Waals surface area contributed by atoms with E-state index in [1.165, 1.54) is 6.92 Å². The topological polar surface area (TPSA) is 152 Å². The molecule has 4 N–H and O–H groups in total. The molecule has 1 aromatic carbocycles. The monoisotopic (exact) mass is 546 g/mol. The molecule has 4 amide bonds. The zero-order chi connectivity index (χ0) is 29.8.